The molecule has 0 amide bonds. The Labute approximate surface area is 175 Å². The normalized spacial score (nSPS) is 22.2. The number of aryl methyl sites for hydroxylation is 1. The molecule has 0 radical (unpaired) electrons. The molecule has 3 heterocycles. The Morgan fingerprint density at radius 2 is 1.90 bits per heavy atom. The number of hydrogen-bond donors (Lipinski definition) is 0. The molecular weight excluding hydrogens is 388 g/mol. The van der Waals surface area contributed by atoms with Crippen LogP contribution in [0.5, 0.6) is 0 Å². The molecule has 152 valence electrons. The Morgan fingerprint density at radius 1 is 1.10 bits per heavy atom. The summed E-state index contributed by atoms with van der Waals surface area (Å²) >= 11 is 6.28. The largest absolute Gasteiger partial charge is 0.339 e. The topological polar surface area (TPSA) is 72.9 Å². The molecule has 1 aliphatic carbocycles. The fourth-order valence-electron chi connectivity index (χ4n) is 4.63. The highest BCUT2D eigenvalue weighted by Crippen LogP contribution is 2.40. The maximum atomic E-state index is 6.28. The van der Waals surface area contributed by atoms with E-state index >= 15 is 0 Å². The summed E-state index contributed by atoms with van der Waals surface area (Å²) in [6.45, 7) is 3.66. The zero-order valence-corrected chi connectivity index (χ0v) is 17.6. The second-order valence-electron chi connectivity index (χ2n) is 8.20. The predicted molar refractivity (Wildman–Crippen MR) is 109 cm³/mol. The highest BCUT2D eigenvalue weighted by Gasteiger charge is 2.31. The van der Waals surface area contributed by atoms with E-state index in [4.69, 9.17) is 16.1 Å². The van der Waals surface area contributed by atoms with Crippen molar-refractivity contribution in [1.29, 1.82) is 0 Å². The summed E-state index contributed by atoms with van der Waals surface area (Å²) in [6.07, 6.45) is 4.98. The van der Waals surface area contributed by atoms with Gasteiger partial charge in [-0.1, -0.05) is 23.7 Å². The van der Waals surface area contributed by atoms with Crippen LogP contribution >= 0.6 is 11.6 Å². The highest BCUT2D eigenvalue weighted by atomic mass is 35.5. The van der Waals surface area contributed by atoms with Crippen molar-refractivity contribution in [3.8, 4) is 5.69 Å². The predicted octanol–water partition coefficient (Wildman–Crippen LogP) is 4.25. The molecule has 1 aromatic carbocycles. The van der Waals surface area contributed by atoms with E-state index < -0.39 is 0 Å². The van der Waals surface area contributed by atoms with Crippen LogP contribution in [0.25, 0.3) is 5.69 Å². The Kier molecular flexibility index (Phi) is 4.87. The second kappa shape index (κ2) is 7.54. The summed E-state index contributed by atoms with van der Waals surface area (Å²) in [5, 5.41) is 14.1. The van der Waals surface area contributed by atoms with E-state index in [9.17, 15) is 0 Å². The lowest BCUT2D eigenvalue weighted by molar-refractivity contribution is 0.315. The quantitative estimate of drug-likeness (QED) is 0.640. The number of fused-ring (bicyclic) bond motifs is 3. The van der Waals surface area contributed by atoms with Crippen molar-refractivity contribution in [3.05, 3.63) is 52.1 Å². The number of halogens is 1. The minimum atomic E-state index is 0.374. The first kappa shape index (κ1) is 18.8. The van der Waals surface area contributed by atoms with Gasteiger partial charge in [0.25, 0.3) is 0 Å². The molecule has 5 rings (SSSR count). The molecular formula is C21H25ClN6O. The van der Waals surface area contributed by atoms with Gasteiger partial charge in [0.2, 0.25) is 5.89 Å². The molecule has 2 aliphatic rings. The monoisotopic (exact) mass is 412 g/mol. The molecule has 2 aromatic heterocycles. The number of aromatic nitrogens is 5. The lowest BCUT2D eigenvalue weighted by Crippen LogP contribution is -2.17. The molecule has 0 atom stereocenters. The molecule has 8 heteroatoms. The minimum absolute atomic E-state index is 0.374. The van der Waals surface area contributed by atoms with Gasteiger partial charge in [-0.2, -0.15) is 4.98 Å². The van der Waals surface area contributed by atoms with Crippen molar-refractivity contribution in [2.75, 3.05) is 7.05 Å². The van der Waals surface area contributed by atoms with Gasteiger partial charge in [-0.05, 0) is 56.5 Å². The van der Waals surface area contributed by atoms with Crippen LogP contribution in [0.2, 0.25) is 5.02 Å². The summed E-state index contributed by atoms with van der Waals surface area (Å²) in [5.74, 6) is 4.42. The summed E-state index contributed by atoms with van der Waals surface area (Å²) in [5.41, 5.74) is 2.37. The zero-order chi connectivity index (χ0) is 20.0. The van der Waals surface area contributed by atoms with Crippen LogP contribution in [0.4, 0.5) is 0 Å². The van der Waals surface area contributed by atoms with Gasteiger partial charge in [0.15, 0.2) is 11.6 Å². The van der Waals surface area contributed by atoms with Crippen LogP contribution in [0.15, 0.2) is 22.7 Å². The fourth-order valence-corrected chi connectivity index (χ4v) is 4.83. The van der Waals surface area contributed by atoms with Gasteiger partial charge in [-0.15, -0.1) is 10.2 Å². The van der Waals surface area contributed by atoms with Crippen molar-refractivity contribution in [2.24, 2.45) is 0 Å². The van der Waals surface area contributed by atoms with Crippen LogP contribution in [0.1, 0.15) is 73.4 Å². The van der Waals surface area contributed by atoms with Gasteiger partial charge >= 0.3 is 0 Å². The van der Waals surface area contributed by atoms with Crippen LogP contribution in [-0.4, -0.2) is 36.9 Å². The molecule has 1 fully saturated rings. The van der Waals surface area contributed by atoms with E-state index in [0.717, 1.165) is 79.3 Å². The molecule has 0 N–H and O–H groups in total. The Bertz CT molecular complexity index is 1020. The standard InChI is InChI=1S/C21H25ClN6O/c1-3-19-23-20(26-29-19)13-4-6-14(7-5-13)21-25-24-18-12-27(2)11-15-10-16(22)8-9-17(15)28(18)21/h8-10,13-14H,3-7,11-12H2,1-2H3. The van der Waals surface area contributed by atoms with Crippen molar-refractivity contribution in [3.63, 3.8) is 0 Å². The first-order valence-corrected chi connectivity index (χ1v) is 10.7. The highest BCUT2D eigenvalue weighted by molar-refractivity contribution is 6.30. The van der Waals surface area contributed by atoms with Gasteiger partial charge in [0, 0.05) is 29.8 Å². The molecule has 29 heavy (non-hydrogen) atoms. The third-order valence-corrected chi connectivity index (χ3v) is 6.37. The van der Waals surface area contributed by atoms with Gasteiger partial charge < -0.3 is 4.52 Å². The molecule has 0 unspecified atom stereocenters. The van der Waals surface area contributed by atoms with E-state index in [1.807, 2.05) is 13.0 Å². The van der Waals surface area contributed by atoms with E-state index in [2.05, 4.69) is 49.0 Å². The molecule has 3 aromatic rings. The van der Waals surface area contributed by atoms with Gasteiger partial charge in [0.1, 0.15) is 5.82 Å². The maximum absolute atomic E-state index is 6.28. The lowest BCUT2D eigenvalue weighted by Gasteiger charge is -2.26. The average molecular weight is 413 g/mol. The van der Waals surface area contributed by atoms with Crippen LogP contribution in [0, 0.1) is 0 Å². The molecule has 1 saturated carbocycles. The van der Waals surface area contributed by atoms with Crippen molar-refractivity contribution >= 4 is 11.6 Å². The maximum Gasteiger partial charge on any atom is 0.226 e. The third kappa shape index (κ3) is 3.46. The zero-order valence-electron chi connectivity index (χ0n) is 16.8. The van der Waals surface area contributed by atoms with Crippen molar-refractivity contribution in [1.82, 2.24) is 29.8 Å². The Morgan fingerprint density at radius 3 is 2.66 bits per heavy atom. The van der Waals surface area contributed by atoms with E-state index in [0.29, 0.717) is 11.8 Å². The average Bonchev–Trinajstić information content (AvgIpc) is 3.33. The van der Waals surface area contributed by atoms with Gasteiger partial charge in [0.05, 0.1) is 12.2 Å². The third-order valence-electron chi connectivity index (χ3n) is 6.13. The molecule has 1 aliphatic heterocycles. The Balaban J connectivity index is 1.42. The minimum Gasteiger partial charge on any atom is -0.339 e. The van der Waals surface area contributed by atoms with Crippen LogP contribution in [-0.2, 0) is 19.5 Å². The van der Waals surface area contributed by atoms with Crippen molar-refractivity contribution < 1.29 is 4.52 Å². The molecule has 7 nitrogen and oxygen atoms in total. The summed E-state index contributed by atoms with van der Waals surface area (Å²) in [4.78, 5) is 6.80. The summed E-state index contributed by atoms with van der Waals surface area (Å²) in [7, 11) is 2.11. The van der Waals surface area contributed by atoms with Crippen LogP contribution < -0.4 is 0 Å². The van der Waals surface area contributed by atoms with Gasteiger partial charge in [-0.3, -0.25) is 9.47 Å². The number of nitrogens with zero attached hydrogens (tertiary/aromatic N) is 6. The fraction of sp³-hybridized carbons (Fsp3) is 0.524. The van der Waals surface area contributed by atoms with E-state index in [-0.39, 0.29) is 0 Å². The second-order valence-corrected chi connectivity index (χ2v) is 8.64. The first-order chi connectivity index (χ1) is 14.1. The molecule has 0 saturated heterocycles. The Hall–Kier alpha value is -2.25. The first-order valence-electron chi connectivity index (χ1n) is 10.4. The summed E-state index contributed by atoms with van der Waals surface area (Å²) < 4.78 is 7.58. The van der Waals surface area contributed by atoms with Crippen LogP contribution in [0.3, 0.4) is 0 Å². The molecule has 0 bridgehead atoms. The SMILES string of the molecule is CCc1nc(C2CCC(c3nnc4n3-c3ccc(Cl)cc3CN(C)C4)CC2)no1. The van der Waals surface area contributed by atoms with Gasteiger partial charge in [-0.25, -0.2) is 0 Å². The van der Waals surface area contributed by atoms with Crippen molar-refractivity contribution in [2.45, 2.75) is 64.0 Å². The smallest absolute Gasteiger partial charge is 0.226 e. The number of hydrogen-bond acceptors (Lipinski definition) is 6. The summed E-state index contributed by atoms with van der Waals surface area (Å²) in [6, 6.07) is 6.12. The number of benzene rings is 1. The lowest BCUT2D eigenvalue weighted by atomic mass is 9.81. The van der Waals surface area contributed by atoms with E-state index in [1.54, 1.807) is 0 Å². The van der Waals surface area contributed by atoms with E-state index in [1.165, 1.54) is 5.56 Å². The molecule has 0 spiro atoms. The number of rotatable bonds is 3.